The van der Waals surface area contributed by atoms with Crippen LogP contribution in [-0.4, -0.2) is 39.6 Å². The monoisotopic (exact) mass is 430 g/mol. The van der Waals surface area contributed by atoms with Crippen molar-refractivity contribution in [2.75, 3.05) is 18.4 Å². The lowest BCUT2D eigenvalue weighted by Crippen LogP contribution is -2.43. The highest BCUT2D eigenvalue weighted by atomic mass is 16.2. The number of anilines is 1. The van der Waals surface area contributed by atoms with Gasteiger partial charge in [0.05, 0.1) is 17.9 Å². The van der Waals surface area contributed by atoms with Gasteiger partial charge in [-0.2, -0.15) is 5.10 Å². The van der Waals surface area contributed by atoms with Crippen molar-refractivity contribution in [1.29, 1.82) is 0 Å². The van der Waals surface area contributed by atoms with Gasteiger partial charge in [-0.25, -0.2) is 4.68 Å². The van der Waals surface area contributed by atoms with Gasteiger partial charge in [0.15, 0.2) is 0 Å². The summed E-state index contributed by atoms with van der Waals surface area (Å²) < 4.78 is 1.74. The molecule has 0 atom stereocenters. The Hall–Kier alpha value is -3.41. The first-order valence-electron chi connectivity index (χ1n) is 11.4. The van der Waals surface area contributed by atoms with Crippen LogP contribution in [0, 0.1) is 5.92 Å². The summed E-state index contributed by atoms with van der Waals surface area (Å²) in [6.45, 7) is 2.78. The number of nitrogens with zero attached hydrogens (tertiary/aromatic N) is 3. The number of hydrogen-bond acceptors (Lipinski definition) is 3. The van der Waals surface area contributed by atoms with Crippen LogP contribution in [0.2, 0.25) is 0 Å². The predicted molar refractivity (Wildman–Crippen MR) is 126 cm³/mol. The number of unbranched alkanes of at least 4 members (excludes halogenated alkanes) is 1. The van der Waals surface area contributed by atoms with E-state index in [9.17, 15) is 9.59 Å². The minimum Gasteiger partial charge on any atom is -0.333 e. The fraction of sp³-hybridized carbons (Fsp3) is 0.346. The average Bonchev–Trinajstić information content (AvgIpc) is 3.20. The van der Waals surface area contributed by atoms with Crippen LogP contribution in [0.3, 0.4) is 0 Å². The van der Waals surface area contributed by atoms with Crippen LogP contribution >= 0.6 is 0 Å². The third-order valence-corrected chi connectivity index (χ3v) is 5.93. The van der Waals surface area contributed by atoms with Crippen LogP contribution < -0.4 is 5.32 Å². The van der Waals surface area contributed by atoms with Crippen LogP contribution in [0.4, 0.5) is 5.82 Å². The molecule has 0 radical (unpaired) electrons. The van der Waals surface area contributed by atoms with Gasteiger partial charge >= 0.3 is 0 Å². The molecular formula is C26H30N4O2. The Kier molecular flexibility index (Phi) is 7.00. The third kappa shape index (κ3) is 5.07. The molecule has 6 heteroatoms. The molecule has 2 amide bonds. The second kappa shape index (κ2) is 10.3. The number of rotatable bonds is 9. The smallest absolute Gasteiger partial charge is 0.245 e. The third-order valence-electron chi connectivity index (χ3n) is 5.93. The van der Waals surface area contributed by atoms with Crippen LogP contribution in [-0.2, 0) is 9.59 Å². The molecule has 1 fully saturated rings. The number of benzene rings is 2. The Morgan fingerprint density at radius 3 is 2.38 bits per heavy atom. The summed E-state index contributed by atoms with van der Waals surface area (Å²) in [5.41, 5.74) is 2.61. The molecule has 0 bridgehead atoms. The van der Waals surface area contributed by atoms with Gasteiger partial charge in [-0.15, -0.1) is 0 Å². The Morgan fingerprint density at radius 2 is 1.75 bits per heavy atom. The molecule has 0 spiro atoms. The molecule has 1 aromatic heterocycles. The lowest BCUT2D eigenvalue weighted by Gasteiger charge is -2.31. The van der Waals surface area contributed by atoms with Gasteiger partial charge in [-0.3, -0.25) is 9.59 Å². The summed E-state index contributed by atoms with van der Waals surface area (Å²) in [6.07, 6.45) is 4.85. The van der Waals surface area contributed by atoms with E-state index in [0.717, 1.165) is 49.0 Å². The second-order valence-corrected chi connectivity index (χ2v) is 8.32. The van der Waals surface area contributed by atoms with E-state index in [4.69, 9.17) is 5.10 Å². The minimum atomic E-state index is -0.203. The van der Waals surface area contributed by atoms with Gasteiger partial charge in [0.1, 0.15) is 5.82 Å². The maximum absolute atomic E-state index is 13.0. The zero-order valence-corrected chi connectivity index (χ0v) is 18.5. The molecule has 3 aromatic rings. The maximum Gasteiger partial charge on any atom is 0.245 e. The molecule has 32 heavy (non-hydrogen) atoms. The van der Waals surface area contributed by atoms with E-state index in [-0.39, 0.29) is 24.3 Å². The van der Waals surface area contributed by atoms with E-state index < -0.39 is 0 Å². The molecule has 0 unspecified atom stereocenters. The zero-order chi connectivity index (χ0) is 22.3. The standard InChI is InChI=1S/C26H30N4O2/c1-2-3-17-29(26(32)21-13-10-14-21)19-25(31)27-24-18-23(20-11-6-4-7-12-20)28-30(24)22-15-8-5-9-16-22/h4-9,11-12,15-16,18,21H,2-3,10,13-14,17,19H2,1H3,(H,27,31). The molecule has 1 N–H and O–H groups in total. The molecular weight excluding hydrogens is 400 g/mol. The first-order valence-corrected chi connectivity index (χ1v) is 11.4. The summed E-state index contributed by atoms with van der Waals surface area (Å²) in [5.74, 6) is 0.581. The van der Waals surface area contributed by atoms with E-state index >= 15 is 0 Å². The Labute approximate surface area is 189 Å². The molecule has 0 saturated heterocycles. The highest BCUT2D eigenvalue weighted by Gasteiger charge is 2.30. The average molecular weight is 431 g/mol. The molecule has 1 aliphatic carbocycles. The molecule has 1 heterocycles. The van der Waals surface area contributed by atoms with Gasteiger partial charge in [0, 0.05) is 24.1 Å². The van der Waals surface area contributed by atoms with E-state index in [2.05, 4.69) is 12.2 Å². The molecule has 1 saturated carbocycles. The Balaban J connectivity index is 1.55. The molecule has 6 nitrogen and oxygen atoms in total. The fourth-order valence-corrected chi connectivity index (χ4v) is 3.87. The maximum atomic E-state index is 13.0. The number of aromatic nitrogens is 2. The van der Waals surface area contributed by atoms with E-state index in [0.29, 0.717) is 12.4 Å². The van der Waals surface area contributed by atoms with Crippen LogP contribution in [0.25, 0.3) is 16.9 Å². The van der Waals surface area contributed by atoms with Crippen molar-refractivity contribution in [3.05, 3.63) is 66.7 Å². The first kappa shape index (κ1) is 21.8. The summed E-state index contributed by atoms with van der Waals surface area (Å²) >= 11 is 0. The zero-order valence-electron chi connectivity index (χ0n) is 18.5. The van der Waals surface area contributed by atoms with E-state index in [1.54, 1.807) is 9.58 Å². The number of amides is 2. The van der Waals surface area contributed by atoms with Gasteiger partial charge in [0.25, 0.3) is 0 Å². The minimum absolute atomic E-state index is 0.0654. The molecule has 0 aliphatic heterocycles. The topological polar surface area (TPSA) is 67.2 Å². The number of carbonyl (C=O) groups excluding carboxylic acids is 2. The molecule has 4 rings (SSSR count). The Bertz CT molecular complexity index is 1040. The summed E-state index contributed by atoms with van der Waals surface area (Å²) in [4.78, 5) is 27.6. The number of hydrogen-bond donors (Lipinski definition) is 1. The Morgan fingerprint density at radius 1 is 1.06 bits per heavy atom. The van der Waals surface area contributed by atoms with Crippen molar-refractivity contribution in [3.8, 4) is 16.9 Å². The summed E-state index contributed by atoms with van der Waals surface area (Å²) in [7, 11) is 0. The van der Waals surface area contributed by atoms with Gasteiger partial charge in [-0.1, -0.05) is 68.3 Å². The van der Waals surface area contributed by atoms with Crippen molar-refractivity contribution in [1.82, 2.24) is 14.7 Å². The highest BCUT2D eigenvalue weighted by Crippen LogP contribution is 2.29. The number of nitrogens with one attached hydrogen (secondary N) is 1. The quantitative estimate of drug-likeness (QED) is 0.525. The number of para-hydroxylation sites is 1. The predicted octanol–water partition coefficient (Wildman–Crippen LogP) is 4.91. The molecule has 2 aromatic carbocycles. The summed E-state index contributed by atoms with van der Waals surface area (Å²) in [5, 5.41) is 7.74. The highest BCUT2D eigenvalue weighted by molar-refractivity contribution is 5.95. The summed E-state index contributed by atoms with van der Waals surface area (Å²) in [6, 6.07) is 21.5. The van der Waals surface area contributed by atoms with Crippen molar-refractivity contribution < 1.29 is 9.59 Å². The van der Waals surface area contributed by atoms with Crippen LogP contribution in [0.1, 0.15) is 39.0 Å². The fourth-order valence-electron chi connectivity index (χ4n) is 3.87. The largest absolute Gasteiger partial charge is 0.333 e. The van der Waals surface area contributed by atoms with Crippen LogP contribution in [0.15, 0.2) is 66.7 Å². The van der Waals surface area contributed by atoms with Gasteiger partial charge in [-0.05, 0) is 31.4 Å². The van der Waals surface area contributed by atoms with Gasteiger partial charge in [0.2, 0.25) is 11.8 Å². The lowest BCUT2D eigenvalue weighted by atomic mass is 9.84. The SMILES string of the molecule is CCCCN(CC(=O)Nc1cc(-c2ccccc2)nn1-c1ccccc1)C(=O)C1CCC1. The normalized spacial score (nSPS) is 13.4. The van der Waals surface area contributed by atoms with Crippen LogP contribution in [0.5, 0.6) is 0 Å². The first-order chi connectivity index (χ1) is 15.7. The lowest BCUT2D eigenvalue weighted by molar-refractivity contribution is -0.140. The van der Waals surface area contributed by atoms with Crippen molar-refractivity contribution in [2.45, 2.75) is 39.0 Å². The van der Waals surface area contributed by atoms with E-state index in [1.165, 1.54) is 0 Å². The second-order valence-electron chi connectivity index (χ2n) is 8.32. The van der Waals surface area contributed by atoms with Crippen molar-refractivity contribution in [3.63, 3.8) is 0 Å². The number of carbonyl (C=O) groups is 2. The van der Waals surface area contributed by atoms with Crippen molar-refractivity contribution in [2.24, 2.45) is 5.92 Å². The molecule has 1 aliphatic rings. The van der Waals surface area contributed by atoms with Crippen molar-refractivity contribution >= 4 is 17.6 Å². The van der Waals surface area contributed by atoms with Gasteiger partial charge < -0.3 is 10.2 Å². The molecule has 166 valence electrons. The van der Waals surface area contributed by atoms with E-state index in [1.807, 2.05) is 66.7 Å².